The van der Waals surface area contributed by atoms with Gasteiger partial charge in [0.05, 0.1) is 5.60 Å². The number of ether oxygens (including phenoxy) is 1. The first kappa shape index (κ1) is 12.4. The van der Waals surface area contributed by atoms with Crippen molar-refractivity contribution < 1.29 is 9.53 Å². The third-order valence-electron chi connectivity index (χ3n) is 1.15. The van der Waals surface area contributed by atoms with Crippen molar-refractivity contribution in [2.45, 2.75) is 52.7 Å². The predicted octanol–water partition coefficient (Wildman–Crippen LogP) is 1.72. The number of hydrogen-bond acceptors (Lipinski definition) is 2. The van der Waals surface area contributed by atoms with Crippen LogP contribution in [-0.4, -0.2) is 23.7 Å². The minimum Gasteiger partial charge on any atom is -0.366 e. The van der Waals surface area contributed by atoms with Crippen LogP contribution in [0.2, 0.25) is 0 Å². The molecule has 13 heavy (non-hydrogen) atoms. The molecular formula is C10H21NO2. The summed E-state index contributed by atoms with van der Waals surface area (Å²) < 4.78 is 5.32. The first-order valence-electron chi connectivity index (χ1n) is 4.55. The van der Waals surface area contributed by atoms with Crippen LogP contribution in [-0.2, 0) is 9.53 Å². The van der Waals surface area contributed by atoms with E-state index in [9.17, 15) is 4.79 Å². The molecule has 0 saturated heterocycles. The van der Waals surface area contributed by atoms with Crippen LogP contribution in [0.4, 0.5) is 0 Å². The van der Waals surface area contributed by atoms with E-state index >= 15 is 0 Å². The Morgan fingerprint density at radius 1 is 1.15 bits per heavy atom. The van der Waals surface area contributed by atoms with Gasteiger partial charge in [0.1, 0.15) is 6.61 Å². The Morgan fingerprint density at radius 3 is 1.92 bits per heavy atom. The summed E-state index contributed by atoms with van der Waals surface area (Å²) >= 11 is 0. The zero-order valence-electron chi connectivity index (χ0n) is 9.52. The van der Waals surface area contributed by atoms with Gasteiger partial charge in [-0.1, -0.05) is 0 Å². The summed E-state index contributed by atoms with van der Waals surface area (Å²) in [6, 6.07) is 0. The number of carbonyl (C=O) groups excluding carboxylic acids is 1. The van der Waals surface area contributed by atoms with E-state index in [0.717, 1.165) is 0 Å². The zero-order valence-corrected chi connectivity index (χ0v) is 9.52. The molecule has 0 atom stereocenters. The number of rotatable bonds is 2. The minimum atomic E-state index is -0.255. The second-order valence-electron chi connectivity index (χ2n) is 5.20. The van der Waals surface area contributed by atoms with E-state index in [2.05, 4.69) is 5.32 Å². The van der Waals surface area contributed by atoms with Gasteiger partial charge >= 0.3 is 0 Å². The second kappa shape index (κ2) is 4.09. The van der Waals surface area contributed by atoms with E-state index in [1.54, 1.807) is 0 Å². The molecule has 0 saturated carbocycles. The van der Waals surface area contributed by atoms with E-state index in [-0.39, 0.29) is 23.7 Å². The number of carbonyl (C=O) groups is 1. The van der Waals surface area contributed by atoms with Crippen molar-refractivity contribution in [3.63, 3.8) is 0 Å². The lowest BCUT2D eigenvalue weighted by Crippen LogP contribution is -2.43. The summed E-state index contributed by atoms with van der Waals surface area (Å²) in [5.74, 6) is -0.0672. The first-order chi connectivity index (χ1) is 5.60. The van der Waals surface area contributed by atoms with Crippen LogP contribution in [0.5, 0.6) is 0 Å². The van der Waals surface area contributed by atoms with E-state index in [4.69, 9.17) is 4.74 Å². The Kier molecular flexibility index (Phi) is 3.91. The Labute approximate surface area is 80.8 Å². The lowest BCUT2D eigenvalue weighted by molar-refractivity contribution is -0.131. The van der Waals surface area contributed by atoms with Crippen molar-refractivity contribution in [3.8, 4) is 0 Å². The summed E-state index contributed by atoms with van der Waals surface area (Å²) in [4.78, 5) is 11.3. The van der Waals surface area contributed by atoms with Gasteiger partial charge in [-0.05, 0) is 41.5 Å². The van der Waals surface area contributed by atoms with Gasteiger partial charge in [-0.25, -0.2) is 0 Å². The second-order valence-corrected chi connectivity index (χ2v) is 5.20. The Morgan fingerprint density at radius 2 is 1.62 bits per heavy atom. The summed E-state index contributed by atoms with van der Waals surface area (Å²) in [6.07, 6.45) is 0. The molecule has 0 aromatic rings. The van der Waals surface area contributed by atoms with Crippen LogP contribution < -0.4 is 5.32 Å². The third kappa shape index (κ3) is 9.34. The fourth-order valence-corrected chi connectivity index (χ4v) is 0.736. The molecule has 0 unspecified atom stereocenters. The Hall–Kier alpha value is -0.570. The van der Waals surface area contributed by atoms with Gasteiger partial charge in [0.15, 0.2) is 0 Å². The topological polar surface area (TPSA) is 38.3 Å². The van der Waals surface area contributed by atoms with Gasteiger partial charge in [-0.3, -0.25) is 4.79 Å². The molecule has 0 aliphatic heterocycles. The molecule has 3 nitrogen and oxygen atoms in total. The molecule has 0 heterocycles. The molecule has 0 aromatic carbocycles. The number of nitrogens with one attached hydrogen (secondary N) is 1. The third-order valence-corrected chi connectivity index (χ3v) is 1.15. The highest BCUT2D eigenvalue weighted by molar-refractivity contribution is 5.77. The van der Waals surface area contributed by atoms with Crippen LogP contribution >= 0.6 is 0 Å². The van der Waals surface area contributed by atoms with Gasteiger partial charge in [0.2, 0.25) is 5.91 Å². The van der Waals surface area contributed by atoms with Gasteiger partial charge < -0.3 is 10.1 Å². The highest BCUT2D eigenvalue weighted by Gasteiger charge is 2.16. The fourth-order valence-electron chi connectivity index (χ4n) is 0.736. The van der Waals surface area contributed by atoms with Crippen molar-refractivity contribution in [2.75, 3.05) is 6.61 Å². The maximum absolute atomic E-state index is 11.3. The summed E-state index contributed by atoms with van der Waals surface area (Å²) in [6.45, 7) is 11.7. The molecule has 0 radical (unpaired) electrons. The molecule has 0 bridgehead atoms. The average molecular weight is 187 g/mol. The lowest BCUT2D eigenvalue weighted by atomic mass is 10.1. The number of hydrogen-bond donors (Lipinski definition) is 1. The molecule has 1 N–H and O–H groups in total. The summed E-state index contributed by atoms with van der Waals surface area (Å²) in [5.41, 5.74) is -0.437. The maximum atomic E-state index is 11.3. The van der Waals surface area contributed by atoms with E-state index in [0.29, 0.717) is 0 Å². The van der Waals surface area contributed by atoms with Crippen molar-refractivity contribution in [1.29, 1.82) is 0 Å². The van der Waals surface area contributed by atoms with Crippen molar-refractivity contribution >= 4 is 5.91 Å². The van der Waals surface area contributed by atoms with Gasteiger partial charge in [0.25, 0.3) is 0 Å². The van der Waals surface area contributed by atoms with Crippen LogP contribution in [0.15, 0.2) is 0 Å². The molecule has 0 spiro atoms. The van der Waals surface area contributed by atoms with Crippen molar-refractivity contribution in [2.24, 2.45) is 0 Å². The standard InChI is InChI=1S/C10H21NO2/c1-9(2,3)11-8(12)7-13-10(4,5)6/h7H2,1-6H3,(H,11,12). The fraction of sp³-hybridized carbons (Fsp3) is 0.900. The van der Waals surface area contributed by atoms with Crippen LogP contribution in [0, 0.1) is 0 Å². The molecule has 0 aliphatic carbocycles. The molecule has 0 aromatic heterocycles. The normalized spacial score (nSPS) is 12.8. The SMILES string of the molecule is CC(C)(C)NC(=O)COC(C)(C)C. The molecule has 0 fully saturated rings. The maximum Gasteiger partial charge on any atom is 0.246 e. The first-order valence-corrected chi connectivity index (χ1v) is 4.55. The lowest BCUT2D eigenvalue weighted by Gasteiger charge is -2.23. The highest BCUT2D eigenvalue weighted by Crippen LogP contribution is 2.06. The van der Waals surface area contributed by atoms with E-state index < -0.39 is 0 Å². The summed E-state index contributed by atoms with van der Waals surface area (Å²) in [5, 5.41) is 2.83. The highest BCUT2D eigenvalue weighted by atomic mass is 16.5. The monoisotopic (exact) mass is 187 g/mol. The Balaban J connectivity index is 3.78. The molecule has 1 amide bonds. The molecular weight excluding hydrogens is 166 g/mol. The van der Waals surface area contributed by atoms with Crippen LogP contribution in [0.3, 0.4) is 0 Å². The smallest absolute Gasteiger partial charge is 0.246 e. The van der Waals surface area contributed by atoms with Crippen LogP contribution in [0.25, 0.3) is 0 Å². The van der Waals surface area contributed by atoms with Gasteiger partial charge in [-0.15, -0.1) is 0 Å². The summed E-state index contributed by atoms with van der Waals surface area (Å²) in [7, 11) is 0. The largest absolute Gasteiger partial charge is 0.366 e. The van der Waals surface area contributed by atoms with Crippen molar-refractivity contribution in [1.82, 2.24) is 5.32 Å². The molecule has 78 valence electrons. The minimum absolute atomic E-state index is 0.0672. The van der Waals surface area contributed by atoms with Gasteiger partial charge in [0, 0.05) is 5.54 Å². The van der Waals surface area contributed by atoms with E-state index in [1.807, 2.05) is 41.5 Å². The molecule has 0 rings (SSSR count). The van der Waals surface area contributed by atoms with E-state index in [1.165, 1.54) is 0 Å². The molecule has 0 aliphatic rings. The molecule has 3 heteroatoms. The van der Waals surface area contributed by atoms with Crippen LogP contribution in [0.1, 0.15) is 41.5 Å². The Bertz CT molecular complexity index is 174. The van der Waals surface area contributed by atoms with Gasteiger partial charge in [-0.2, -0.15) is 0 Å². The predicted molar refractivity (Wildman–Crippen MR) is 53.6 cm³/mol. The zero-order chi connectivity index (χ0) is 10.7. The van der Waals surface area contributed by atoms with Crippen molar-refractivity contribution in [3.05, 3.63) is 0 Å². The quantitative estimate of drug-likeness (QED) is 0.714. The average Bonchev–Trinajstić information content (AvgIpc) is 1.78. The number of amides is 1.